The van der Waals surface area contributed by atoms with Gasteiger partial charge in [0.25, 0.3) is 0 Å². The molecule has 2 saturated carbocycles. The van der Waals surface area contributed by atoms with E-state index in [9.17, 15) is 0 Å². The molecule has 4 heteroatoms. The average molecular weight is 293 g/mol. The second-order valence-corrected chi connectivity index (χ2v) is 7.87. The largest absolute Gasteiger partial charge is 0.377 e. The molecule has 5 atom stereocenters. The minimum absolute atomic E-state index is 0.207. The van der Waals surface area contributed by atoms with E-state index in [1.807, 2.05) is 7.05 Å². The third-order valence-corrected chi connectivity index (χ3v) is 5.89. The molecule has 0 aromatic rings. The van der Waals surface area contributed by atoms with E-state index in [-0.39, 0.29) is 5.41 Å². The standard InChI is InChI=1S/C17H31N3O/c1-11-6-5-7-12(10-11)19-16(18-4)20-14-13-8-9-21-15(13)17(14,2)3/h11-15H,5-10H2,1-4H3,(H2,18,19,20). The fourth-order valence-electron chi connectivity index (χ4n) is 4.69. The molecule has 120 valence electrons. The first-order chi connectivity index (χ1) is 10.0. The van der Waals surface area contributed by atoms with Gasteiger partial charge < -0.3 is 15.4 Å². The zero-order chi connectivity index (χ0) is 15.0. The Kier molecular flexibility index (Phi) is 4.17. The Morgan fingerprint density at radius 2 is 2.00 bits per heavy atom. The predicted molar refractivity (Wildman–Crippen MR) is 86.5 cm³/mol. The minimum Gasteiger partial charge on any atom is -0.377 e. The lowest BCUT2D eigenvalue weighted by Crippen LogP contribution is -2.68. The Hall–Kier alpha value is -0.770. The fourth-order valence-corrected chi connectivity index (χ4v) is 4.69. The van der Waals surface area contributed by atoms with Gasteiger partial charge in [0.15, 0.2) is 5.96 Å². The quantitative estimate of drug-likeness (QED) is 0.607. The molecule has 0 spiro atoms. The Morgan fingerprint density at radius 1 is 1.19 bits per heavy atom. The molecule has 0 aromatic heterocycles. The number of fused-ring (bicyclic) bond motifs is 1. The van der Waals surface area contributed by atoms with Gasteiger partial charge in [-0.3, -0.25) is 4.99 Å². The minimum atomic E-state index is 0.207. The summed E-state index contributed by atoms with van der Waals surface area (Å²) in [6.45, 7) is 7.91. The summed E-state index contributed by atoms with van der Waals surface area (Å²) in [6.07, 6.45) is 6.87. The van der Waals surface area contributed by atoms with Crippen LogP contribution < -0.4 is 10.6 Å². The number of nitrogens with zero attached hydrogens (tertiary/aromatic N) is 1. The number of hydrogen-bond acceptors (Lipinski definition) is 2. The van der Waals surface area contributed by atoms with Crippen molar-refractivity contribution < 1.29 is 4.74 Å². The van der Waals surface area contributed by atoms with Crippen molar-refractivity contribution in [2.45, 2.75) is 71.1 Å². The Balaban J connectivity index is 1.58. The topological polar surface area (TPSA) is 45.7 Å². The lowest BCUT2D eigenvalue weighted by atomic mass is 9.57. The van der Waals surface area contributed by atoms with Crippen LogP contribution in [-0.2, 0) is 4.74 Å². The molecule has 2 N–H and O–H groups in total. The molecule has 0 amide bonds. The fraction of sp³-hybridized carbons (Fsp3) is 0.941. The summed E-state index contributed by atoms with van der Waals surface area (Å²) in [5, 5.41) is 7.34. The smallest absolute Gasteiger partial charge is 0.191 e. The highest BCUT2D eigenvalue weighted by atomic mass is 16.5. The van der Waals surface area contributed by atoms with Crippen LogP contribution in [0.5, 0.6) is 0 Å². The van der Waals surface area contributed by atoms with Crippen LogP contribution in [0.4, 0.5) is 0 Å². The van der Waals surface area contributed by atoms with Crippen molar-refractivity contribution in [3.63, 3.8) is 0 Å². The monoisotopic (exact) mass is 293 g/mol. The summed E-state index contributed by atoms with van der Waals surface area (Å²) in [5.41, 5.74) is 0.207. The molecule has 1 heterocycles. The van der Waals surface area contributed by atoms with Gasteiger partial charge in [-0.15, -0.1) is 0 Å². The first kappa shape index (κ1) is 15.1. The van der Waals surface area contributed by atoms with Crippen LogP contribution in [0.3, 0.4) is 0 Å². The molecule has 3 rings (SSSR count). The lowest BCUT2D eigenvalue weighted by Gasteiger charge is -2.55. The number of guanidine groups is 1. The molecule has 0 radical (unpaired) electrons. The molecule has 21 heavy (non-hydrogen) atoms. The first-order valence-corrected chi connectivity index (χ1v) is 8.64. The van der Waals surface area contributed by atoms with E-state index >= 15 is 0 Å². The van der Waals surface area contributed by atoms with Crippen molar-refractivity contribution in [1.29, 1.82) is 0 Å². The maximum Gasteiger partial charge on any atom is 0.191 e. The first-order valence-electron chi connectivity index (χ1n) is 8.64. The average Bonchev–Trinajstić information content (AvgIpc) is 2.90. The summed E-state index contributed by atoms with van der Waals surface area (Å²) in [5.74, 6) is 2.48. The van der Waals surface area contributed by atoms with Crippen LogP contribution in [0.2, 0.25) is 0 Å². The SMILES string of the molecule is CN=C(NC1CCCC(C)C1)NC1C2CCOC2C1(C)C. The molecule has 2 aliphatic carbocycles. The molecule has 4 nitrogen and oxygen atoms in total. The summed E-state index contributed by atoms with van der Waals surface area (Å²) >= 11 is 0. The highest BCUT2D eigenvalue weighted by molar-refractivity contribution is 5.80. The van der Waals surface area contributed by atoms with E-state index in [4.69, 9.17) is 4.74 Å². The normalized spacial score (nSPS) is 42.1. The Bertz CT molecular complexity index is 407. The van der Waals surface area contributed by atoms with Crippen LogP contribution in [-0.4, -0.2) is 37.8 Å². The number of ether oxygens (including phenoxy) is 1. The summed E-state index contributed by atoms with van der Waals surface area (Å²) in [4.78, 5) is 4.46. The van der Waals surface area contributed by atoms with Crippen molar-refractivity contribution in [1.82, 2.24) is 10.6 Å². The lowest BCUT2D eigenvalue weighted by molar-refractivity contribution is -0.106. The van der Waals surface area contributed by atoms with Gasteiger partial charge in [-0.05, 0) is 25.2 Å². The highest BCUT2D eigenvalue weighted by Crippen LogP contribution is 2.52. The highest BCUT2D eigenvalue weighted by Gasteiger charge is 2.59. The second kappa shape index (κ2) is 5.79. The number of nitrogens with one attached hydrogen (secondary N) is 2. The number of rotatable bonds is 2. The van der Waals surface area contributed by atoms with Crippen LogP contribution in [0.1, 0.15) is 52.9 Å². The van der Waals surface area contributed by atoms with E-state index in [1.165, 1.54) is 32.1 Å². The molecule has 0 bridgehead atoms. The van der Waals surface area contributed by atoms with E-state index < -0.39 is 0 Å². The zero-order valence-electron chi connectivity index (χ0n) is 14.0. The van der Waals surface area contributed by atoms with Crippen LogP contribution in [0.25, 0.3) is 0 Å². The third kappa shape index (κ3) is 2.79. The van der Waals surface area contributed by atoms with Gasteiger partial charge in [0.1, 0.15) is 0 Å². The van der Waals surface area contributed by atoms with E-state index in [2.05, 4.69) is 36.4 Å². The van der Waals surface area contributed by atoms with Gasteiger partial charge in [-0.2, -0.15) is 0 Å². The van der Waals surface area contributed by atoms with Crippen molar-refractivity contribution in [2.24, 2.45) is 22.2 Å². The zero-order valence-corrected chi connectivity index (χ0v) is 14.0. The van der Waals surface area contributed by atoms with Crippen molar-refractivity contribution in [3.8, 4) is 0 Å². The molecule has 1 saturated heterocycles. The number of aliphatic imine (C=N–C) groups is 1. The van der Waals surface area contributed by atoms with Crippen molar-refractivity contribution in [3.05, 3.63) is 0 Å². The summed E-state index contributed by atoms with van der Waals surface area (Å²) in [7, 11) is 1.88. The van der Waals surface area contributed by atoms with Gasteiger partial charge in [0, 0.05) is 37.1 Å². The van der Waals surface area contributed by atoms with Crippen molar-refractivity contribution in [2.75, 3.05) is 13.7 Å². The Morgan fingerprint density at radius 3 is 2.71 bits per heavy atom. The van der Waals surface area contributed by atoms with Crippen LogP contribution in [0.15, 0.2) is 4.99 Å². The van der Waals surface area contributed by atoms with E-state index in [1.54, 1.807) is 0 Å². The van der Waals surface area contributed by atoms with Crippen molar-refractivity contribution >= 4 is 5.96 Å². The van der Waals surface area contributed by atoms with Gasteiger partial charge >= 0.3 is 0 Å². The third-order valence-electron chi connectivity index (χ3n) is 5.89. The molecule has 5 unspecified atom stereocenters. The van der Waals surface area contributed by atoms with Crippen LogP contribution in [0, 0.1) is 17.3 Å². The molecular weight excluding hydrogens is 262 g/mol. The maximum absolute atomic E-state index is 5.88. The van der Waals surface area contributed by atoms with E-state index in [0.717, 1.165) is 18.5 Å². The van der Waals surface area contributed by atoms with Crippen LogP contribution >= 0.6 is 0 Å². The summed E-state index contributed by atoms with van der Waals surface area (Å²) in [6, 6.07) is 1.07. The number of hydrogen-bond donors (Lipinski definition) is 2. The molecular formula is C17H31N3O. The van der Waals surface area contributed by atoms with Gasteiger partial charge in [-0.1, -0.05) is 33.6 Å². The molecule has 0 aromatic carbocycles. The van der Waals surface area contributed by atoms with Gasteiger partial charge in [0.2, 0.25) is 0 Å². The molecule has 3 aliphatic rings. The van der Waals surface area contributed by atoms with Gasteiger partial charge in [0.05, 0.1) is 6.10 Å². The maximum atomic E-state index is 5.88. The molecule has 1 aliphatic heterocycles. The Labute approximate surface area is 129 Å². The predicted octanol–water partition coefficient (Wildman–Crippen LogP) is 2.54. The molecule has 3 fully saturated rings. The second-order valence-electron chi connectivity index (χ2n) is 7.87. The van der Waals surface area contributed by atoms with E-state index in [0.29, 0.717) is 24.1 Å². The van der Waals surface area contributed by atoms with Gasteiger partial charge in [-0.25, -0.2) is 0 Å². The summed E-state index contributed by atoms with van der Waals surface area (Å²) < 4.78 is 5.88.